The fourth-order valence-electron chi connectivity index (χ4n) is 2.33. The maximum atomic E-state index is 12.6. The maximum Gasteiger partial charge on any atom is 0.417 e. The highest BCUT2D eigenvalue weighted by molar-refractivity contribution is 7.86. The average molecular weight is 338 g/mol. The van der Waals surface area contributed by atoms with Crippen LogP contribution in [0, 0.1) is 6.92 Å². The first-order valence-electron chi connectivity index (χ1n) is 6.65. The Balaban J connectivity index is 2.01. The standard InChI is InChI=1S/C12H17F3N4O2S/c1-8-6-9(12(13,14)15)7-17-11(8)18-10-2-4-19(5-3-10)22(16,20)21/h6-7,10H,2-5H2,1H3,(H,17,18)(H2,16,20,21). The lowest BCUT2D eigenvalue weighted by atomic mass is 10.1. The van der Waals surface area contributed by atoms with E-state index in [4.69, 9.17) is 5.14 Å². The summed E-state index contributed by atoms with van der Waals surface area (Å²) in [6.45, 7) is 2.09. The van der Waals surface area contributed by atoms with E-state index < -0.39 is 21.9 Å². The molecule has 0 radical (unpaired) electrons. The number of piperidine rings is 1. The van der Waals surface area contributed by atoms with E-state index in [-0.39, 0.29) is 19.1 Å². The number of aromatic nitrogens is 1. The summed E-state index contributed by atoms with van der Waals surface area (Å²) in [5.41, 5.74) is -0.400. The lowest BCUT2D eigenvalue weighted by Crippen LogP contribution is -2.45. The number of pyridine rings is 1. The molecule has 1 saturated heterocycles. The van der Waals surface area contributed by atoms with E-state index in [0.29, 0.717) is 24.2 Å². The van der Waals surface area contributed by atoms with Crippen molar-refractivity contribution in [3.05, 3.63) is 23.4 Å². The van der Waals surface area contributed by atoms with Crippen molar-refractivity contribution in [1.82, 2.24) is 9.29 Å². The number of halogens is 3. The molecule has 0 amide bonds. The molecule has 0 aromatic carbocycles. The minimum Gasteiger partial charge on any atom is -0.367 e. The van der Waals surface area contributed by atoms with Gasteiger partial charge in [-0.3, -0.25) is 0 Å². The van der Waals surface area contributed by atoms with Crippen molar-refractivity contribution in [3.8, 4) is 0 Å². The molecule has 0 saturated carbocycles. The Morgan fingerprint density at radius 2 is 1.95 bits per heavy atom. The predicted molar refractivity (Wildman–Crippen MR) is 75.3 cm³/mol. The number of rotatable bonds is 3. The lowest BCUT2D eigenvalue weighted by Gasteiger charge is -2.30. The number of nitrogens with zero attached hydrogens (tertiary/aromatic N) is 2. The van der Waals surface area contributed by atoms with E-state index >= 15 is 0 Å². The van der Waals surface area contributed by atoms with Gasteiger partial charge in [0.2, 0.25) is 0 Å². The molecule has 2 rings (SSSR count). The van der Waals surface area contributed by atoms with Gasteiger partial charge in [-0.15, -0.1) is 0 Å². The van der Waals surface area contributed by atoms with E-state index in [1.807, 2.05) is 0 Å². The van der Waals surface area contributed by atoms with Crippen LogP contribution >= 0.6 is 0 Å². The molecule has 1 aliphatic heterocycles. The minimum atomic E-state index is -4.42. The highest BCUT2D eigenvalue weighted by atomic mass is 32.2. The van der Waals surface area contributed by atoms with Crippen molar-refractivity contribution < 1.29 is 21.6 Å². The molecule has 0 aliphatic carbocycles. The van der Waals surface area contributed by atoms with Crippen molar-refractivity contribution >= 4 is 16.0 Å². The van der Waals surface area contributed by atoms with Crippen LogP contribution in [0.25, 0.3) is 0 Å². The Hall–Kier alpha value is -1.39. The van der Waals surface area contributed by atoms with E-state index in [2.05, 4.69) is 10.3 Å². The second-order valence-corrected chi connectivity index (χ2v) is 6.80. The van der Waals surface area contributed by atoms with Crippen LogP contribution in [-0.4, -0.2) is 36.8 Å². The van der Waals surface area contributed by atoms with Crippen LogP contribution in [0.3, 0.4) is 0 Å². The van der Waals surface area contributed by atoms with Gasteiger partial charge in [-0.2, -0.15) is 25.9 Å². The van der Waals surface area contributed by atoms with Crippen LogP contribution in [0.2, 0.25) is 0 Å². The van der Waals surface area contributed by atoms with Crippen molar-refractivity contribution in [2.75, 3.05) is 18.4 Å². The highest BCUT2D eigenvalue weighted by Crippen LogP contribution is 2.30. The molecule has 22 heavy (non-hydrogen) atoms. The van der Waals surface area contributed by atoms with Gasteiger partial charge in [-0.1, -0.05) is 0 Å². The summed E-state index contributed by atoms with van der Waals surface area (Å²) in [7, 11) is -3.69. The van der Waals surface area contributed by atoms with Gasteiger partial charge in [0.25, 0.3) is 10.2 Å². The molecule has 1 aliphatic rings. The third-order valence-corrected chi connectivity index (χ3v) is 4.65. The van der Waals surface area contributed by atoms with Crippen LogP contribution < -0.4 is 10.5 Å². The maximum absolute atomic E-state index is 12.6. The zero-order valence-corrected chi connectivity index (χ0v) is 12.7. The third-order valence-electron chi connectivity index (χ3n) is 3.56. The number of alkyl halides is 3. The summed E-state index contributed by atoms with van der Waals surface area (Å²) >= 11 is 0. The monoisotopic (exact) mass is 338 g/mol. The SMILES string of the molecule is Cc1cc(C(F)(F)F)cnc1NC1CCN(S(N)(=O)=O)CC1. The van der Waals surface area contributed by atoms with Crippen molar-refractivity contribution in [1.29, 1.82) is 0 Å². The molecular formula is C12H17F3N4O2S. The molecule has 0 bridgehead atoms. The lowest BCUT2D eigenvalue weighted by molar-refractivity contribution is -0.137. The molecule has 1 aromatic rings. The molecule has 0 spiro atoms. The Bertz CT molecular complexity index is 640. The van der Waals surface area contributed by atoms with Crippen molar-refractivity contribution in [3.63, 3.8) is 0 Å². The number of aryl methyl sites for hydroxylation is 1. The zero-order valence-electron chi connectivity index (χ0n) is 11.9. The van der Waals surface area contributed by atoms with Crippen LogP contribution in [0.15, 0.2) is 12.3 Å². The largest absolute Gasteiger partial charge is 0.417 e. The molecule has 1 fully saturated rings. The Morgan fingerprint density at radius 1 is 1.36 bits per heavy atom. The highest BCUT2D eigenvalue weighted by Gasteiger charge is 2.31. The van der Waals surface area contributed by atoms with Gasteiger partial charge in [0, 0.05) is 25.3 Å². The number of nitrogens with one attached hydrogen (secondary N) is 1. The van der Waals surface area contributed by atoms with Gasteiger partial charge >= 0.3 is 6.18 Å². The molecule has 124 valence electrons. The molecule has 1 aromatic heterocycles. The Labute approximate surface area is 126 Å². The second-order valence-electron chi connectivity index (χ2n) is 5.25. The second kappa shape index (κ2) is 6.01. The third kappa shape index (κ3) is 4.08. The minimum absolute atomic E-state index is 0.0547. The first kappa shape index (κ1) is 17.0. The summed E-state index contributed by atoms with van der Waals surface area (Å²) in [5, 5.41) is 8.11. The first-order valence-corrected chi connectivity index (χ1v) is 8.16. The van der Waals surface area contributed by atoms with Gasteiger partial charge in [0.15, 0.2) is 0 Å². The van der Waals surface area contributed by atoms with E-state index in [1.165, 1.54) is 4.31 Å². The summed E-state index contributed by atoms with van der Waals surface area (Å²) < 4.78 is 61.3. The van der Waals surface area contributed by atoms with Crippen LogP contribution in [0.4, 0.5) is 19.0 Å². The number of hydrogen-bond donors (Lipinski definition) is 2. The van der Waals surface area contributed by atoms with Gasteiger partial charge in [0.05, 0.1) is 5.56 Å². The zero-order chi connectivity index (χ0) is 16.5. The molecule has 3 N–H and O–H groups in total. The van der Waals surface area contributed by atoms with Crippen LogP contribution in [-0.2, 0) is 16.4 Å². The topological polar surface area (TPSA) is 88.3 Å². The van der Waals surface area contributed by atoms with Gasteiger partial charge < -0.3 is 5.32 Å². The molecule has 10 heteroatoms. The fourth-order valence-corrected chi connectivity index (χ4v) is 3.05. The molecule has 0 unspecified atom stereocenters. The van der Waals surface area contributed by atoms with E-state index in [1.54, 1.807) is 6.92 Å². The number of anilines is 1. The predicted octanol–water partition coefficient (Wildman–Crippen LogP) is 1.49. The first-order chi connectivity index (χ1) is 10.1. The summed E-state index contributed by atoms with van der Waals surface area (Å²) in [4.78, 5) is 3.82. The van der Waals surface area contributed by atoms with Gasteiger partial charge in [0.1, 0.15) is 5.82 Å². The molecule has 0 atom stereocenters. The Kier molecular flexibility index (Phi) is 4.64. The summed E-state index contributed by atoms with van der Waals surface area (Å²) in [5.74, 6) is 0.377. The normalized spacial score (nSPS) is 18.4. The number of nitrogens with two attached hydrogens (primary N) is 1. The van der Waals surface area contributed by atoms with E-state index in [9.17, 15) is 21.6 Å². The average Bonchev–Trinajstić information content (AvgIpc) is 2.39. The van der Waals surface area contributed by atoms with Gasteiger partial charge in [-0.25, -0.2) is 10.1 Å². The molecule has 6 nitrogen and oxygen atoms in total. The van der Waals surface area contributed by atoms with E-state index in [0.717, 1.165) is 12.3 Å². The van der Waals surface area contributed by atoms with Crippen molar-refractivity contribution in [2.45, 2.75) is 32.0 Å². The summed E-state index contributed by atoms with van der Waals surface area (Å²) in [6, 6.07) is 0.982. The number of hydrogen-bond acceptors (Lipinski definition) is 4. The van der Waals surface area contributed by atoms with Crippen LogP contribution in [0.1, 0.15) is 24.0 Å². The quantitative estimate of drug-likeness (QED) is 0.874. The molecule has 2 heterocycles. The summed E-state index contributed by atoms with van der Waals surface area (Å²) in [6.07, 6.45) is -2.61. The van der Waals surface area contributed by atoms with Crippen LogP contribution in [0.5, 0.6) is 0 Å². The Morgan fingerprint density at radius 3 is 2.41 bits per heavy atom. The van der Waals surface area contributed by atoms with Crippen molar-refractivity contribution in [2.24, 2.45) is 5.14 Å². The molecular weight excluding hydrogens is 321 g/mol. The smallest absolute Gasteiger partial charge is 0.367 e. The fraction of sp³-hybridized carbons (Fsp3) is 0.583. The van der Waals surface area contributed by atoms with Gasteiger partial charge in [-0.05, 0) is 31.4 Å².